The van der Waals surface area contributed by atoms with Crippen LogP contribution in [0.4, 0.5) is 0 Å². The SMILES string of the molecule is NC1=NC(=O)C(=Cc2ccc(OC(=O)c3cccc4ccccc34)c(Br)c2)S1. The first kappa shape index (κ1) is 18.5. The van der Waals surface area contributed by atoms with Crippen LogP contribution in [0.25, 0.3) is 16.8 Å². The van der Waals surface area contributed by atoms with Crippen molar-refractivity contribution in [2.24, 2.45) is 10.7 Å². The quantitative estimate of drug-likeness (QED) is 0.352. The van der Waals surface area contributed by atoms with Crippen molar-refractivity contribution >= 4 is 61.6 Å². The van der Waals surface area contributed by atoms with Gasteiger partial charge in [-0.25, -0.2) is 4.79 Å². The lowest BCUT2D eigenvalue weighted by Gasteiger charge is -2.09. The lowest BCUT2D eigenvalue weighted by molar-refractivity contribution is -0.113. The molecule has 1 amide bonds. The molecule has 0 aromatic heterocycles. The number of thioether (sulfide) groups is 1. The number of nitrogens with two attached hydrogens (primary N) is 1. The third-order valence-corrected chi connectivity index (χ3v) is 5.54. The van der Waals surface area contributed by atoms with Crippen LogP contribution in [0.5, 0.6) is 5.75 Å². The van der Waals surface area contributed by atoms with Gasteiger partial charge < -0.3 is 10.5 Å². The lowest BCUT2D eigenvalue weighted by Crippen LogP contribution is -2.09. The second-order valence-electron chi connectivity index (χ2n) is 5.97. The molecule has 138 valence electrons. The van der Waals surface area contributed by atoms with E-state index in [-0.39, 0.29) is 11.1 Å². The van der Waals surface area contributed by atoms with E-state index in [4.69, 9.17) is 10.5 Å². The summed E-state index contributed by atoms with van der Waals surface area (Å²) < 4.78 is 6.18. The topological polar surface area (TPSA) is 81.8 Å². The largest absolute Gasteiger partial charge is 0.422 e. The smallest absolute Gasteiger partial charge is 0.344 e. The van der Waals surface area contributed by atoms with Gasteiger partial charge >= 0.3 is 5.97 Å². The van der Waals surface area contributed by atoms with Crippen molar-refractivity contribution in [2.45, 2.75) is 0 Å². The molecule has 7 heteroatoms. The van der Waals surface area contributed by atoms with Crippen LogP contribution in [0.1, 0.15) is 15.9 Å². The number of amides is 1. The molecule has 2 N–H and O–H groups in total. The van der Waals surface area contributed by atoms with E-state index in [1.54, 1.807) is 30.3 Å². The van der Waals surface area contributed by atoms with Crippen LogP contribution >= 0.6 is 27.7 Å². The number of halogens is 1. The second-order valence-corrected chi connectivity index (χ2v) is 7.89. The highest BCUT2D eigenvalue weighted by molar-refractivity contribution is 9.10. The van der Waals surface area contributed by atoms with Gasteiger partial charge in [0, 0.05) is 0 Å². The first-order valence-electron chi connectivity index (χ1n) is 8.29. The molecule has 1 heterocycles. The number of benzene rings is 3. The van der Waals surface area contributed by atoms with E-state index < -0.39 is 5.97 Å². The van der Waals surface area contributed by atoms with Crippen LogP contribution in [0.2, 0.25) is 0 Å². The fourth-order valence-electron chi connectivity index (χ4n) is 2.82. The average molecular weight is 453 g/mol. The predicted molar refractivity (Wildman–Crippen MR) is 115 cm³/mol. The number of rotatable bonds is 3. The van der Waals surface area contributed by atoms with Crippen LogP contribution in [-0.2, 0) is 4.79 Å². The van der Waals surface area contributed by atoms with E-state index in [0.717, 1.165) is 28.1 Å². The highest BCUT2D eigenvalue weighted by Gasteiger charge is 2.20. The Balaban J connectivity index is 1.58. The minimum absolute atomic E-state index is 0.232. The number of carbonyl (C=O) groups excluding carboxylic acids is 2. The number of hydrogen-bond acceptors (Lipinski definition) is 5. The van der Waals surface area contributed by atoms with Gasteiger partial charge in [-0.3, -0.25) is 4.79 Å². The molecular formula is C21H13BrN2O3S. The summed E-state index contributed by atoms with van der Waals surface area (Å²) in [5.74, 6) is -0.405. The molecule has 0 fully saturated rings. The first-order chi connectivity index (χ1) is 13.5. The number of esters is 1. The zero-order valence-electron chi connectivity index (χ0n) is 14.4. The maximum Gasteiger partial charge on any atom is 0.344 e. The van der Waals surface area contributed by atoms with Gasteiger partial charge in [0.05, 0.1) is 14.9 Å². The molecule has 0 saturated heterocycles. The summed E-state index contributed by atoms with van der Waals surface area (Å²) in [6.07, 6.45) is 1.69. The average Bonchev–Trinajstić information content (AvgIpc) is 3.00. The number of ether oxygens (including phenoxy) is 1. The summed E-state index contributed by atoms with van der Waals surface area (Å²) >= 11 is 4.55. The Morgan fingerprint density at radius 1 is 1.11 bits per heavy atom. The fourth-order valence-corrected chi connectivity index (χ4v) is 3.98. The standard InChI is InChI=1S/C21H13BrN2O3S/c22-16-10-12(11-18-19(25)24-21(23)28-18)8-9-17(16)27-20(26)15-7-3-5-13-4-1-2-6-14(13)15/h1-11H,(H2,23,24,25). The Morgan fingerprint density at radius 3 is 2.64 bits per heavy atom. The van der Waals surface area contributed by atoms with Crippen molar-refractivity contribution in [2.75, 3.05) is 0 Å². The monoisotopic (exact) mass is 452 g/mol. The second kappa shape index (κ2) is 7.61. The minimum atomic E-state index is -0.439. The molecule has 0 spiro atoms. The highest BCUT2D eigenvalue weighted by atomic mass is 79.9. The molecule has 0 aliphatic carbocycles. The van der Waals surface area contributed by atoms with Crippen molar-refractivity contribution in [3.63, 3.8) is 0 Å². The molecule has 3 aromatic rings. The van der Waals surface area contributed by atoms with E-state index in [1.807, 2.05) is 36.4 Å². The van der Waals surface area contributed by atoms with E-state index in [1.165, 1.54) is 0 Å². The Bertz CT molecular complexity index is 1180. The number of hydrogen-bond donors (Lipinski definition) is 1. The molecule has 0 unspecified atom stereocenters. The molecule has 0 atom stereocenters. The maximum absolute atomic E-state index is 12.7. The summed E-state index contributed by atoms with van der Waals surface area (Å²) in [6.45, 7) is 0. The zero-order valence-corrected chi connectivity index (χ0v) is 16.8. The summed E-state index contributed by atoms with van der Waals surface area (Å²) in [5, 5.41) is 2.04. The normalized spacial score (nSPS) is 15.1. The van der Waals surface area contributed by atoms with Crippen molar-refractivity contribution in [3.05, 3.63) is 81.2 Å². The fraction of sp³-hybridized carbons (Fsp3) is 0. The van der Waals surface area contributed by atoms with Gasteiger partial charge in [-0.05, 0) is 68.3 Å². The van der Waals surface area contributed by atoms with Gasteiger partial charge in [-0.1, -0.05) is 42.5 Å². The van der Waals surface area contributed by atoms with Gasteiger partial charge in [-0.15, -0.1) is 0 Å². The van der Waals surface area contributed by atoms with Gasteiger partial charge in [-0.2, -0.15) is 4.99 Å². The summed E-state index contributed by atoms with van der Waals surface area (Å²) in [5.41, 5.74) is 6.82. The third-order valence-electron chi connectivity index (χ3n) is 4.10. The van der Waals surface area contributed by atoms with Gasteiger partial charge in [0.15, 0.2) is 5.17 Å². The number of carbonyl (C=O) groups is 2. The Kier molecular flexibility index (Phi) is 5.02. The molecule has 0 bridgehead atoms. The molecule has 1 aliphatic rings. The molecule has 0 saturated carbocycles. The summed E-state index contributed by atoms with van der Waals surface area (Å²) in [4.78, 5) is 28.5. The molecule has 1 aliphatic heterocycles. The van der Waals surface area contributed by atoms with Crippen molar-refractivity contribution in [3.8, 4) is 5.75 Å². The molecule has 28 heavy (non-hydrogen) atoms. The van der Waals surface area contributed by atoms with Crippen molar-refractivity contribution < 1.29 is 14.3 Å². The van der Waals surface area contributed by atoms with Gasteiger partial charge in [0.2, 0.25) is 0 Å². The lowest BCUT2D eigenvalue weighted by atomic mass is 10.0. The summed E-state index contributed by atoms with van der Waals surface area (Å²) in [6, 6.07) is 18.4. The molecule has 0 radical (unpaired) electrons. The molecule has 4 rings (SSSR count). The van der Waals surface area contributed by atoms with Crippen molar-refractivity contribution in [1.82, 2.24) is 0 Å². The van der Waals surface area contributed by atoms with Crippen LogP contribution in [-0.4, -0.2) is 17.0 Å². The number of nitrogens with zero attached hydrogens (tertiary/aromatic N) is 1. The molecular weight excluding hydrogens is 440 g/mol. The minimum Gasteiger partial charge on any atom is -0.422 e. The maximum atomic E-state index is 12.7. The number of aliphatic imine (C=N–C) groups is 1. The van der Waals surface area contributed by atoms with E-state index in [0.29, 0.717) is 20.7 Å². The van der Waals surface area contributed by atoms with Crippen LogP contribution in [0.15, 0.2) is 75.0 Å². The Labute approximate surface area is 173 Å². The van der Waals surface area contributed by atoms with E-state index >= 15 is 0 Å². The third kappa shape index (κ3) is 3.72. The molecule has 5 nitrogen and oxygen atoms in total. The van der Waals surface area contributed by atoms with Crippen LogP contribution < -0.4 is 10.5 Å². The van der Waals surface area contributed by atoms with E-state index in [9.17, 15) is 9.59 Å². The van der Waals surface area contributed by atoms with Crippen LogP contribution in [0, 0.1) is 0 Å². The van der Waals surface area contributed by atoms with Gasteiger partial charge in [0.1, 0.15) is 5.75 Å². The Hall–Kier alpha value is -2.90. The van der Waals surface area contributed by atoms with E-state index in [2.05, 4.69) is 20.9 Å². The zero-order chi connectivity index (χ0) is 19.7. The summed E-state index contributed by atoms with van der Waals surface area (Å²) in [7, 11) is 0. The van der Waals surface area contributed by atoms with Crippen molar-refractivity contribution in [1.29, 1.82) is 0 Å². The van der Waals surface area contributed by atoms with Crippen LogP contribution in [0.3, 0.4) is 0 Å². The number of amidine groups is 1. The predicted octanol–water partition coefficient (Wildman–Crippen LogP) is 4.75. The Morgan fingerprint density at radius 2 is 1.89 bits per heavy atom. The first-order valence-corrected chi connectivity index (χ1v) is 9.90. The highest BCUT2D eigenvalue weighted by Crippen LogP contribution is 2.31. The van der Waals surface area contributed by atoms with Gasteiger partial charge in [0.25, 0.3) is 5.91 Å². The molecule has 3 aromatic carbocycles. The number of fused-ring (bicyclic) bond motifs is 1.